The van der Waals surface area contributed by atoms with Gasteiger partial charge in [-0.3, -0.25) is 9.52 Å². The molecule has 3 amide bonds. The molecule has 1 heterocycles. The van der Waals surface area contributed by atoms with E-state index in [0.717, 1.165) is 16.5 Å². The number of hydrogen-bond acceptors (Lipinski definition) is 5. The first-order valence-electron chi connectivity index (χ1n) is 13.7. The maximum absolute atomic E-state index is 13.6. The van der Waals surface area contributed by atoms with Crippen molar-refractivity contribution < 1.29 is 22.7 Å². The fraction of sp³-hybridized carbons (Fsp3) is 0.290. The van der Waals surface area contributed by atoms with Crippen LogP contribution in [-0.4, -0.2) is 63.6 Å². The maximum Gasteiger partial charge on any atom is 0.318 e. The molecule has 216 valence electrons. The van der Waals surface area contributed by atoms with E-state index in [4.69, 9.17) is 4.74 Å². The maximum atomic E-state index is 13.6. The van der Waals surface area contributed by atoms with E-state index in [2.05, 4.69) is 15.4 Å². The number of benzene rings is 3. The molecule has 0 aliphatic carbocycles. The second-order valence-corrected chi connectivity index (χ2v) is 11.3. The van der Waals surface area contributed by atoms with E-state index in [-0.39, 0.29) is 12.5 Å². The molecule has 0 saturated carbocycles. The first kappa shape index (κ1) is 29.8. The number of morpholine rings is 1. The number of aryl methyl sites for hydroxylation is 1. The Morgan fingerprint density at radius 2 is 1.41 bits per heavy atom. The van der Waals surface area contributed by atoms with Crippen molar-refractivity contribution in [3.8, 4) is 0 Å². The van der Waals surface area contributed by atoms with Gasteiger partial charge in [-0.2, -0.15) is 0 Å². The fourth-order valence-electron chi connectivity index (χ4n) is 4.44. The molecule has 0 radical (unpaired) electrons. The van der Waals surface area contributed by atoms with Crippen LogP contribution >= 0.6 is 0 Å². The standard InChI is InChI=1S/C31H36N4O5S/c36-30(29(24-26-12-6-2-7-13-26)33-31(37)35-19-21-40-22-20-35)32-27(17-16-25-10-4-1-5-11-25)18-23-41(38,39)34-28-14-8-3-9-15-28/h1-15,18,23,27,29,34H,16-17,19-22,24H2,(H,32,36)(H,33,37)/b23-18+/t27-,29-/m0/s1. The van der Waals surface area contributed by atoms with Gasteiger partial charge < -0.3 is 20.3 Å². The molecule has 10 heteroatoms. The topological polar surface area (TPSA) is 117 Å². The molecule has 4 rings (SSSR count). The van der Waals surface area contributed by atoms with Gasteiger partial charge in [0.25, 0.3) is 10.0 Å². The molecule has 2 atom stereocenters. The Hall–Kier alpha value is -4.15. The summed E-state index contributed by atoms with van der Waals surface area (Å²) in [7, 11) is -3.82. The Morgan fingerprint density at radius 1 is 0.829 bits per heavy atom. The number of urea groups is 1. The lowest BCUT2D eigenvalue weighted by Gasteiger charge is -2.29. The summed E-state index contributed by atoms with van der Waals surface area (Å²) in [5, 5.41) is 6.94. The quantitative estimate of drug-likeness (QED) is 0.304. The van der Waals surface area contributed by atoms with Crippen LogP contribution < -0.4 is 15.4 Å². The minimum Gasteiger partial charge on any atom is -0.378 e. The van der Waals surface area contributed by atoms with E-state index in [0.29, 0.717) is 44.8 Å². The first-order valence-corrected chi connectivity index (χ1v) is 15.2. The number of sulfonamides is 1. The highest BCUT2D eigenvalue weighted by Crippen LogP contribution is 2.12. The van der Waals surface area contributed by atoms with E-state index < -0.39 is 28.0 Å². The van der Waals surface area contributed by atoms with Gasteiger partial charge in [-0.15, -0.1) is 0 Å². The van der Waals surface area contributed by atoms with Gasteiger partial charge in [-0.25, -0.2) is 13.2 Å². The van der Waals surface area contributed by atoms with Gasteiger partial charge in [0.1, 0.15) is 6.04 Å². The predicted molar refractivity (Wildman–Crippen MR) is 160 cm³/mol. The van der Waals surface area contributed by atoms with Crippen LogP contribution in [0.2, 0.25) is 0 Å². The Labute approximate surface area is 241 Å². The molecule has 1 fully saturated rings. The summed E-state index contributed by atoms with van der Waals surface area (Å²) in [6, 6.07) is 26.0. The molecule has 0 spiro atoms. The summed E-state index contributed by atoms with van der Waals surface area (Å²) in [5.41, 5.74) is 2.39. The normalized spacial score (nSPS) is 15.2. The molecular formula is C31H36N4O5S. The van der Waals surface area contributed by atoms with E-state index >= 15 is 0 Å². The smallest absolute Gasteiger partial charge is 0.318 e. The second kappa shape index (κ2) is 15.0. The number of rotatable bonds is 12. The number of ether oxygens (including phenoxy) is 1. The van der Waals surface area contributed by atoms with Gasteiger partial charge in [0.05, 0.1) is 13.2 Å². The molecule has 1 saturated heterocycles. The summed E-state index contributed by atoms with van der Waals surface area (Å²) in [5.74, 6) is -0.397. The second-order valence-electron chi connectivity index (χ2n) is 9.77. The van der Waals surface area contributed by atoms with Gasteiger partial charge >= 0.3 is 6.03 Å². The van der Waals surface area contributed by atoms with Crippen molar-refractivity contribution in [3.63, 3.8) is 0 Å². The number of carbonyl (C=O) groups excluding carboxylic acids is 2. The van der Waals surface area contributed by atoms with E-state index in [9.17, 15) is 18.0 Å². The SMILES string of the molecule is O=C(N[C@H](/C=C/S(=O)(=O)Nc1ccccc1)CCc1ccccc1)[C@H](Cc1ccccc1)NC(=O)N1CCOCC1. The molecule has 0 aromatic heterocycles. The minimum atomic E-state index is -3.82. The van der Waals surface area contributed by atoms with Gasteiger partial charge in [-0.05, 0) is 42.2 Å². The van der Waals surface area contributed by atoms with Crippen molar-refractivity contribution in [1.82, 2.24) is 15.5 Å². The first-order chi connectivity index (χ1) is 19.9. The molecule has 9 nitrogen and oxygen atoms in total. The van der Waals surface area contributed by atoms with Crippen molar-refractivity contribution in [2.45, 2.75) is 31.3 Å². The highest BCUT2D eigenvalue weighted by Gasteiger charge is 2.26. The average molecular weight is 577 g/mol. The van der Waals surface area contributed by atoms with Crippen LogP contribution in [0.15, 0.2) is 102 Å². The zero-order valence-corrected chi connectivity index (χ0v) is 23.6. The van der Waals surface area contributed by atoms with Gasteiger partial charge in [0.2, 0.25) is 5.91 Å². The number of nitrogens with one attached hydrogen (secondary N) is 3. The zero-order chi connectivity index (χ0) is 28.9. The summed E-state index contributed by atoms with van der Waals surface area (Å²) in [6.07, 6.45) is 2.84. The van der Waals surface area contributed by atoms with E-state index in [1.165, 1.54) is 6.08 Å². The Bertz CT molecular complexity index is 1380. The van der Waals surface area contributed by atoms with Crippen molar-refractivity contribution in [1.29, 1.82) is 0 Å². The number of anilines is 1. The molecule has 41 heavy (non-hydrogen) atoms. The molecule has 3 N–H and O–H groups in total. The molecular weight excluding hydrogens is 540 g/mol. The van der Waals surface area contributed by atoms with Crippen LogP contribution in [0, 0.1) is 0 Å². The van der Waals surface area contributed by atoms with E-state index in [1.807, 2.05) is 60.7 Å². The minimum absolute atomic E-state index is 0.283. The van der Waals surface area contributed by atoms with Crippen LogP contribution in [0.3, 0.4) is 0 Å². The van der Waals surface area contributed by atoms with Crippen LogP contribution in [0.4, 0.5) is 10.5 Å². The third kappa shape index (κ3) is 10.1. The lowest BCUT2D eigenvalue weighted by molar-refractivity contribution is -0.123. The summed E-state index contributed by atoms with van der Waals surface area (Å²) in [4.78, 5) is 28.3. The molecule has 3 aromatic rings. The van der Waals surface area contributed by atoms with Crippen LogP contribution in [-0.2, 0) is 32.4 Å². The molecule has 0 unspecified atom stereocenters. The van der Waals surface area contributed by atoms with Gasteiger partial charge in [-0.1, -0.05) is 78.9 Å². The zero-order valence-electron chi connectivity index (χ0n) is 22.8. The fourth-order valence-corrected chi connectivity index (χ4v) is 5.36. The number of amides is 3. The summed E-state index contributed by atoms with van der Waals surface area (Å²) >= 11 is 0. The highest BCUT2D eigenvalue weighted by atomic mass is 32.2. The third-order valence-corrected chi connectivity index (χ3v) is 7.67. The van der Waals surface area contributed by atoms with Gasteiger partial charge in [0.15, 0.2) is 0 Å². The number of para-hydroxylation sites is 1. The van der Waals surface area contributed by atoms with Crippen molar-refractivity contribution >= 4 is 27.6 Å². The Balaban J connectivity index is 1.50. The summed E-state index contributed by atoms with van der Waals surface area (Å²) in [6.45, 7) is 1.78. The number of hydrogen-bond donors (Lipinski definition) is 3. The van der Waals surface area contributed by atoms with E-state index in [1.54, 1.807) is 35.2 Å². The van der Waals surface area contributed by atoms with Gasteiger partial charge in [0, 0.05) is 36.6 Å². The predicted octanol–water partition coefficient (Wildman–Crippen LogP) is 3.71. The van der Waals surface area contributed by atoms with Crippen LogP contribution in [0.5, 0.6) is 0 Å². The van der Waals surface area contributed by atoms with Crippen molar-refractivity contribution in [2.75, 3.05) is 31.0 Å². The largest absolute Gasteiger partial charge is 0.378 e. The molecule has 0 bridgehead atoms. The lowest BCUT2D eigenvalue weighted by atomic mass is 10.0. The summed E-state index contributed by atoms with van der Waals surface area (Å²) < 4.78 is 33.4. The Kier molecular flexibility index (Phi) is 10.9. The van der Waals surface area contributed by atoms with Crippen molar-refractivity contribution in [3.05, 3.63) is 114 Å². The van der Waals surface area contributed by atoms with Crippen molar-refractivity contribution in [2.24, 2.45) is 0 Å². The highest BCUT2D eigenvalue weighted by molar-refractivity contribution is 7.95. The molecule has 1 aliphatic heterocycles. The molecule has 3 aromatic carbocycles. The lowest BCUT2D eigenvalue weighted by Crippen LogP contribution is -2.55. The third-order valence-electron chi connectivity index (χ3n) is 6.63. The average Bonchev–Trinajstić information content (AvgIpc) is 3.00. The Morgan fingerprint density at radius 3 is 2.05 bits per heavy atom. The molecule has 1 aliphatic rings. The number of nitrogens with zero attached hydrogens (tertiary/aromatic N) is 1. The number of carbonyl (C=O) groups is 2. The monoisotopic (exact) mass is 576 g/mol. The van der Waals surface area contributed by atoms with Crippen LogP contribution in [0.1, 0.15) is 17.5 Å². The van der Waals surface area contributed by atoms with Crippen LogP contribution in [0.25, 0.3) is 0 Å².